The molecule has 5 nitrogen and oxygen atoms in total. The van der Waals surface area contributed by atoms with Crippen molar-refractivity contribution in [2.24, 2.45) is 5.92 Å². The number of benzene rings is 1. The molecule has 3 rings (SSSR count). The maximum absolute atomic E-state index is 13.8. The lowest BCUT2D eigenvalue weighted by atomic mass is 9.85. The highest BCUT2D eigenvalue weighted by Gasteiger charge is 2.38. The lowest BCUT2D eigenvalue weighted by Gasteiger charge is -2.25. The zero-order valence-corrected chi connectivity index (χ0v) is 14.7. The summed E-state index contributed by atoms with van der Waals surface area (Å²) < 4.78 is 53.8. The molecular weight excluding hydrogens is 388 g/mol. The number of halogens is 5. The van der Waals surface area contributed by atoms with E-state index in [1.165, 1.54) is 12.1 Å². The van der Waals surface area contributed by atoms with Gasteiger partial charge in [-0.2, -0.15) is 13.2 Å². The standard InChI is InChI=1S/C17H15ClF4N4O/c18-10-4-5-13(12(19)6-10)25-16-24-8-11(14(26-16)17(20,21)22)15(27)23-7-9-2-1-3-9/h4-6,8-9H,1-3,7H2,(H,23,27)(H,24,25,26). The Bertz CT molecular complexity index is 855. The van der Waals surface area contributed by atoms with E-state index in [9.17, 15) is 22.4 Å². The average Bonchev–Trinajstić information content (AvgIpc) is 2.55. The van der Waals surface area contributed by atoms with Gasteiger partial charge in [0.25, 0.3) is 5.91 Å². The Morgan fingerprint density at radius 1 is 1.30 bits per heavy atom. The third kappa shape index (κ3) is 4.65. The minimum absolute atomic E-state index is 0.133. The predicted molar refractivity (Wildman–Crippen MR) is 91.4 cm³/mol. The van der Waals surface area contributed by atoms with Gasteiger partial charge in [-0.25, -0.2) is 14.4 Å². The molecule has 1 aromatic carbocycles. The van der Waals surface area contributed by atoms with Crippen LogP contribution in [-0.2, 0) is 6.18 Å². The topological polar surface area (TPSA) is 66.9 Å². The second-order valence-corrected chi connectivity index (χ2v) is 6.65. The maximum atomic E-state index is 13.8. The fourth-order valence-electron chi connectivity index (χ4n) is 2.56. The molecule has 10 heteroatoms. The van der Waals surface area contributed by atoms with E-state index in [1.807, 2.05) is 0 Å². The summed E-state index contributed by atoms with van der Waals surface area (Å²) in [5.74, 6) is -1.86. The van der Waals surface area contributed by atoms with Crippen LogP contribution < -0.4 is 10.6 Å². The summed E-state index contributed by atoms with van der Waals surface area (Å²) >= 11 is 5.63. The van der Waals surface area contributed by atoms with Crippen molar-refractivity contribution in [1.82, 2.24) is 15.3 Å². The van der Waals surface area contributed by atoms with E-state index >= 15 is 0 Å². The smallest absolute Gasteiger partial charge is 0.352 e. The number of carbonyl (C=O) groups is 1. The lowest BCUT2D eigenvalue weighted by Crippen LogP contribution is -2.33. The lowest BCUT2D eigenvalue weighted by molar-refractivity contribution is -0.141. The summed E-state index contributed by atoms with van der Waals surface area (Å²) in [6.45, 7) is 0.312. The van der Waals surface area contributed by atoms with E-state index < -0.39 is 35.1 Å². The van der Waals surface area contributed by atoms with Gasteiger partial charge in [-0.15, -0.1) is 0 Å². The second-order valence-electron chi connectivity index (χ2n) is 6.21. The number of amides is 1. The van der Waals surface area contributed by atoms with Crippen LogP contribution in [0.5, 0.6) is 0 Å². The monoisotopic (exact) mass is 402 g/mol. The molecule has 0 unspecified atom stereocenters. The molecule has 0 spiro atoms. The van der Waals surface area contributed by atoms with Gasteiger partial charge in [-0.05, 0) is 37.0 Å². The molecule has 2 aromatic rings. The van der Waals surface area contributed by atoms with Gasteiger partial charge in [-0.3, -0.25) is 4.79 Å². The summed E-state index contributed by atoms with van der Waals surface area (Å²) in [5.41, 5.74) is -2.21. The third-order valence-corrected chi connectivity index (χ3v) is 4.49. The Morgan fingerprint density at radius 3 is 2.63 bits per heavy atom. The fraction of sp³-hybridized carbons (Fsp3) is 0.353. The Labute approximate surface area is 157 Å². The van der Waals surface area contributed by atoms with E-state index in [4.69, 9.17) is 11.6 Å². The first-order chi connectivity index (χ1) is 12.7. The summed E-state index contributed by atoms with van der Waals surface area (Å²) in [7, 11) is 0. The van der Waals surface area contributed by atoms with E-state index in [0.717, 1.165) is 31.5 Å². The molecule has 1 amide bonds. The number of aromatic nitrogens is 2. The number of alkyl halides is 3. The van der Waals surface area contributed by atoms with Crippen molar-refractivity contribution in [1.29, 1.82) is 0 Å². The van der Waals surface area contributed by atoms with E-state index in [0.29, 0.717) is 6.54 Å². The molecular formula is C17H15ClF4N4O. The molecule has 27 heavy (non-hydrogen) atoms. The Balaban J connectivity index is 1.83. The first-order valence-corrected chi connectivity index (χ1v) is 8.56. The molecule has 2 N–H and O–H groups in total. The largest absolute Gasteiger partial charge is 0.434 e. The zero-order chi connectivity index (χ0) is 19.6. The van der Waals surface area contributed by atoms with Crippen LogP contribution in [0.25, 0.3) is 0 Å². The van der Waals surface area contributed by atoms with Crippen LogP contribution >= 0.6 is 11.6 Å². The summed E-state index contributed by atoms with van der Waals surface area (Å²) in [6, 6.07) is 3.60. The van der Waals surface area contributed by atoms with Crippen LogP contribution in [0.15, 0.2) is 24.4 Å². The van der Waals surface area contributed by atoms with Crippen LogP contribution in [0.2, 0.25) is 5.02 Å². The highest BCUT2D eigenvalue weighted by atomic mass is 35.5. The molecule has 1 aliphatic carbocycles. The van der Waals surface area contributed by atoms with Gasteiger partial charge < -0.3 is 10.6 Å². The summed E-state index contributed by atoms with van der Waals surface area (Å²) in [4.78, 5) is 19.2. The number of rotatable bonds is 5. The predicted octanol–water partition coefficient (Wildman–Crippen LogP) is 4.56. The van der Waals surface area contributed by atoms with Crippen molar-refractivity contribution in [3.63, 3.8) is 0 Å². The molecule has 0 bridgehead atoms. The fourth-order valence-corrected chi connectivity index (χ4v) is 2.72. The molecule has 144 valence electrons. The van der Waals surface area contributed by atoms with Crippen molar-refractivity contribution in [3.8, 4) is 0 Å². The quantitative estimate of drug-likeness (QED) is 0.719. The molecule has 0 atom stereocenters. The molecule has 1 saturated carbocycles. The molecule has 0 aliphatic heterocycles. The maximum Gasteiger partial charge on any atom is 0.434 e. The Morgan fingerprint density at radius 2 is 2.04 bits per heavy atom. The summed E-state index contributed by atoms with van der Waals surface area (Å²) in [6.07, 6.45) is -1.15. The normalized spacial score (nSPS) is 14.6. The first kappa shape index (κ1) is 19.3. The minimum Gasteiger partial charge on any atom is -0.352 e. The third-order valence-electron chi connectivity index (χ3n) is 4.26. The molecule has 1 aliphatic rings. The molecule has 0 saturated heterocycles. The number of anilines is 2. The average molecular weight is 403 g/mol. The van der Waals surface area contributed by atoms with E-state index in [-0.39, 0.29) is 16.6 Å². The van der Waals surface area contributed by atoms with Gasteiger partial charge in [0.15, 0.2) is 5.69 Å². The van der Waals surface area contributed by atoms with Gasteiger partial charge >= 0.3 is 6.18 Å². The minimum atomic E-state index is -4.87. The van der Waals surface area contributed by atoms with Gasteiger partial charge in [-0.1, -0.05) is 18.0 Å². The zero-order valence-electron chi connectivity index (χ0n) is 13.9. The number of nitrogens with zero attached hydrogens (tertiary/aromatic N) is 2. The second kappa shape index (κ2) is 7.67. The van der Waals surface area contributed by atoms with E-state index in [2.05, 4.69) is 20.6 Å². The van der Waals surface area contributed by atoms with Crippen LogP contribution in [0.1, 0.15) is 35.3 Å². The Kier molecular flexibility index (Phi) is 5.50. The van der Waals surface area contributed by atoms with Gasteiger partial charge in [0, 0.05) is 17.8 Å². The van der Waals surface area contributed by atoms with Crippen molar-refractivity contribution in [2.45, 2.75) is 25.4 Å². The molecule has 0 radical (unpaired) electrons. The van der Waals surface area contributed by atoms with Crippen molar-refractivity contribution in [3.05, 3.63) is 46.5 Å². The molecule has 1 aromatic heterocycles. The van der Waals surface area contributed by atoms with Crippen molar-refractivity contribution >= 4 is 29.1 Å². The highest BCUT2D eigenvalue weighted by Crippen LogP contribution is 2.32. The number of carbonyl (C=O) groups excluding carboxylic acids is 1. The van der Waals surface area contributed by atoms with Gasteiger partial charge in [0.2, 0.25) is 5.95 Å². The number of hydrogen-bond donors (Lipinski definition) is 2. The van der Waals surface area contributed by atoms with Crippen LogP contribution in [0.3, 0.4) is 0 Å². The SMILES string of the molecule is O=C(NCC1CCC1)c1cnc(Nc2ccc(Cl)cc2F)nc1C(F)(F)F. The first-order valence-electron chi connectivity index (χ1n) is 8.18. The molecule has 1 fully saturated rings. The highest BCUT2D eigenvalue weighted by molar-refractivity contribution is 6.30. The van der Waals surface area contributed by atoms with Gasteiger partial charge in [0.1, 0.15) is 5.82 Å². The molecule has 1 heterocycles. The van der Waals surface area contributed by atoms with Crippen LogP contribution in [0.4, 0.5) is 29.2 Å². The van der Waals surface area contributed by atoms with Crippen molar-refractivity contribution in [2.75, 3.05) is 11.9 Å². The number of hydrogen-bond acceptors (Lipinski definition) is 4. The van der Waals surface area contributed by atoms with Crippen LogP contribution in [0, 0.1) is 11.7 Å². The van der Waals surface area contributed by atoms with Gasteiger partial charge in [0.05, 0.1) is 11.3 Å². The Hall–Kier alpha value is -2.42. The number of nitrogens with one attached hydrogen (secondary N) is 2. The van der Waals surface area contributed by atoms with Crippen molar-refractivity contribution < 1.29 is 22.4 Å². The van der Waals surface area contributed by atoms with E-state index in [1.54, 1.807) is 0 Å². The summed E-state index contributed by atoms with van der Waals surface area (Å²) in [5, 5.41) is 4.98. The van der Waals surface area contributed by atoms with Crippen LogP contribution in [-0.4, -0.2) is 22.4 Å².